The summed E-state index contributed by atoms with van der Waals surface area (Å²) in [6.45, 7) is 1.32. The van der Waals surface area contributed by atoms with E-state index in [1.807, 2.05) is 0 Å². The van der Waals surface area contributed by atoms with E-state index >= 15 is 0 Å². The van der Waals surface area contributed by atoms with E-state index in [1.165, 1.54) is 74.7 Å². The van der Waals surface area contributed by atoms with Crippen LogP contribution in [0, 0.1) is 11.3 Å². The highest BCUT2D eigenvalue weighted by Gasteiger charge is 2.23. The van der Waals surface area contributed by atoms with E-state index in [4.69, 9.17) is 43.7 Å². The van der Waals surface area contributed by atoms with E-state index in [1.54, 1.807) is 6.07 Å². The zero-order valence-electron chi connectivity index (χ0n) is 19.7. The van der Waals surface area contributed by atoms with Crippen LogP contribution in [0.5, 0.6) is 11.5 Å². The number of methoxy groups -OCH3 is 1. The molecule has 9 nitrogen and oxygen atoms in total. The van der Waals surface area contributed by atoms with Crippen molar-refractivity contribution in [2.24, 2.45) is 0 Å². The van der Waals surface area contributed by atoms with Gasteiger partial charge in [-0.2, -0.15) is 13.7 Å². The van der Waals surface area contributed by atoms with Crippen molar-refractivity contribution in [1.82, 2.24) is 0 Å². The molecule has 0 bridgehead atoms. The number of rotatable bonds is 8. The average molecular weight is 595 g/mol. The van der Waals surface area contributed by atoms with Crippen LogP contribution in [0.2, 0.25) is 15.1 Å². The lowest BCUT2D eigenvalue weighted by Crippen LogP contribution is -2.13. The Labute approximate surface area is 233 Å². The zero-order chi connectivity index (χ0) is 28.0. The Morgan fingerprint density at radius 3 is 2.13 bits per heavy atom. The largest absolute Gasteiger partial charge is 0.493 e. The Kier molecular flexibility index (Phi) is 9.25. The first-order chi connectivity index (χ1) is 17.9. The van der Waals surface area contributed by atoms with Gasteiger partial charge in [0.15, 0.2) is 5.75 Å². The fourth-order valence-electron chi connectivity index (χ4n) is 3.11. The van der Waals surface area contributed by atoms with E-state index in [-0.39, 0.29) is 44.1 Å². The quantitative estimate of drug-likeness (QED) is 0.188. The maximum atomic E-state index is 12.8. The summed E-state index contributed by atoms with van der Waals surface area (Å²) < 4.78 is 36.1. The molecule has 0 saturated carbocycles. The third-order valence-corrected chi connectivity index (χ3v) is 6.66. The van der Waals surface area contributed by atoms with Gasteiger partial charge in [-0.15, -0.1) is 0 Å². The van der Waals surface area contributed by atoms with Crippen LogP contribution < -0.4 is 19.6 Å². The van der Waals surface area contributed by atoms with Gasteiger partial charge in [0.05, 0.1) is 12.1 Å². The van der Waals surface area contributed by atoms with Crippen LogP contribution in [0.1, 0.15) is 12.5 Å². The molecule has 0 unspecified atom stereocenters. The van der Waals surface area contributed by atoms with Gasteiger partial charge in [0, 0.05) is 28.3 Å². The summed E-state index contributed by atoms with van der Waals surface area (Å²) in [7, 11) is -3.07. The average Bonchev–Trinajstić information content (AvgIpc) is 2.83. The van der Waals surface area contributed by atoms with Gasteiger partial charge in [0.1, 0.15) is 16.5 Å². The number of carbonyl (C=O) groups excluding carboxylic acids is 2. The Morgan fingerprint density at radius 1 is 0.947 bits per heavy atom. The first-order valence-electron chi connectivity index (χ1n) is 10.5. The molecule has 196 valence electrons. The van der Waals surface area contributed by atoms with Crippen LogP contribution in [0.4, 0.5) is 11.4 Å². The molecule has 0 atom stereocenters. The number of nitrogens with zero attached hydrogens (tertiary/aromatic N) is 1. The summed E-state index contributed by atoms with van der Waals surface area (Å²) in [5, 5.41) is 15.0. The molecule has 0 spiro atoms. The van der Waals surface area contributed by atoms with Crippen molar-refractivity contribution >= 4 is 74.2 Å². The predicted octanol–water partition coefficient (Wildman–Crippen LogP) is 5.93. The molecule has 0 radical (unpaired) electrons. The SMILES string of the molecule is COc1cc(/C=C(\C#N)C(=O)Nc2cc(Cl)cc(Cl)c2)cc(Cl)c1OS(=O)(=O)c1ccc(NC(C)=O)cc1. The van der Waals surface area contributed by atoms with E-state index in [0.717, 1.165) is 0 Å². The highest BCUT2D eigenvalue weighted by molar-refractivity contribution is 7.87. The maximum absolute atomic E-state index is 12.8. The van der Waals surface area contributed by atoms with Crippen molar-refractivity contribution in [3.8, 4) is 17.6 Å². The van der Waals surface area contributed by atoms with E-state index < -0.39 is 16.0 Å². The van der Waals surface area contributed by atoms with Crippen molar-refractivity contribution in [2.45, 2.75) is 11.8 Å². The third kappa shape index (κ3) is 7.40. The smallest absolute Gasteiger partial charge is 0.339 e. The van der Waals surface area contributed by atoms with E-state index in [9.17, 15) is 23.3 Å². The molecule has 13 heteroatoms. The number of nitrogens with one attached hydrogen (secondary N) is 2. The van der Waals surface area contributed by atoms with Crippen molar-refractivity contribution in [3.63, 3.8) is 0 Å². The molecule has 0 heterocycles. The number of hydrogen-bond donors (Lipinski definition) is 2. The Bertz CT molecular complexity index is 1560. The predicted molar refractivity (Wildman–Crippen MR) is 145 cm³/mol. The van der Waals surface area contributed by atoms with Crippen LogP contribution in [-0.2, 0) is 19.7 Å². The molecule has 0 aliphatic carbocycles. The number of ether oxygens (including phenoxy) is 1. The molecule has 38 heavy (non-hydrogen) atoms. The highest BCUT2D eigenvalue weighted by atomic mass is 35.5. The first-order valence-corrected chi connectivity index (χ1v) is 13.0. The van der Waals surface area contributed by atoms with Crippen LogP contribution in [0.25, 0.3) is 6.08 Å². The van der Waals surface area contributed by atoms with Crippen LogP contribution in [0.3, 0.4) is 0 Å². The van der Waals surface area contributed by atoms with Crippen molar-refractivity contribution in [2.75, 3.05) is 17.7 Å². The molecule has 2 amide bonds. The normalized spacial score (nSPS) is 11.3. The van der Waals surface area contributed by atoms with Crippen LogP contribution in [0.15, 0.2) is 65.1 Å². The van der Waals surface area contributed by atoms with Gasteiger partial charge < -0.3 is 19.6 Å². The Morgan fingerprint density at radius 2 is 1.58 bits per heavy atom. The fraction of sp³-hybridized carbons (Fsp3) is 0.0800. The molecule has 3 rings (SSSR count). The lowest BCUT2D eigenvalue weighted by Gasteiger charge is -2.14. The molecule has 2 N–H and O–H groups in total. The summed E-state index contributed by atoms with van der Waals surface area (Å²) in [5.41, 5.74) is 0.647. The minimum absolute atomic E-state index is 0.0680. The topological polar surface area (TPSA) is 135 Å². The lowest BCUT2D eigenvalue weighted by atomic mass is 10.1. The lowest BCUT2D eigenvalue weighted by molar-refractivity contribution is -0.114. The molecule has 0 saturated heterocycles. The first kappa shape index (κ1) is 28.8. The van der Waals surface area contributed by atoms with Crippen molar-refractivity contribution < 1.29 is 26.9 Å². The number of hydrogen-bond acceptors (Lipinski definition) is 7. The number of amides is 2. The van der Waals surface area contributed by atoms with Crippen LogP contribution in [-0.4, -0.2) is 27.3 Å². The molecule has 0 aliphatic heterocycles. The summed E-state index contributed by atoms with van der Waals surface area (Å²) in [6, 6.07) is 14.1. The molecular weight excluding hydrogens is 577 g/mol. The summed E-state index contributed by atoms with van der Waals surface area (Å²) in [5.74, 6) is -1.42. The third-order valence-electron chi connectivity index (χ3n) is 4.70. The summed E-state index contributed by atoms with van der Waals surface area (Å²) in [4.78, 5) is 23.6. The second-order valence-electron chi connectivity index (χ2n) is 7.56. The standard InChI is InChI=1S/C25H18Cl3N3O6S/c1-14(32)30-19-3-5-21(6-4-19)38(34,35)37-24-22(28)8-15(9-23(24)36-2)7-16(13-29)25(33)31-20-11-17(26)10-18(27)12-20/h3-12H,1-2H3,(H,30,32)(H,31,33)/b16-7+. The van der Waals surface area contributed by atoms with Gasteiger partial charge in [-0.25, -0.2) is 0 Å². The monoisotopic (exact) mass is 593 g/mol. The van der Waals surface area contributed by atoms with Gasteiger partial charge >= 0.3 is 10.1 Å². The van der Waals surface area contributed by atoms with E-state index in [2.05, 4.69) is 10.6 Å². The molecule has 0 fully saturated rings. The van der Waals surface area contributed by atoms with Gasteiger partial charge in [0.2, 0.25) is 11.7 Å². The molecular formula is C25H18Cl3N3O6S. The Balaban J connectivity index is 1.88. The minimum Gasteiger partial charge on any atom is -0.493 e. The number of halogens is 3. The Hall–Kier alpha value is -3.75. The number of nitriles is 1. The van der Waals surface area contributed by atoms with Gasteiger partial charge in [-0.3, -0.25) is 9.59 Å². The van der Waals surface area contributed by atoms with Gasteiger partial charge in [0.25, 0.3) is 5.91 Å². The van der Waals surface area contributed by atoms with E-state index in [0.29, 0.717) is 15.7 Å². The van der Waals surface area contributed by atoms with Crippen molar-refractivity contribution in [3.05, 3.63) is 80.8 Å². The maximum Gasteiger partial charge on any atom is 0.339 e. The van der Waals surface area contributed by atoms with Crippen molar-refractivity contribution in [1.29, 1.82) is 5.26 Å². The minimum atomic E-state index is -4.34. The number of carbonyl (C=O) groups is 2. The van der Waals surface area contributed by atoms with Gasteiger partial charge in [-0.05, 0) is 66.2 Å². The summed E-state index contributed by atoms with van der Waals surface area (Å²) in [6.07, 6.45) is 1.23. The fourth-order valence-corrected chi connectivity index (χ4v) is 4.90. The molecule has 0 aliphatic rings. The number of anilines is 2. The zero-order valence-corrected chi connectivity index (χ0v) is 22.8. The second-order valence-corrected chi connectivity index (χ2v) is 10.4. The molecule has 0 aromatic heterocycles. The molecule has 3 aromatic rings. The van der Waals surface area contributed by atoms with Crippen LogP contribution >= 0.6 is 34.8 Å². The summed E-state index contributed by atoms with van der Waals surface area (Å²) >= 11 is 18.2. The highest BCUT2D eigenvalue weighted by Crippen LogP contribution is 2.39. The number of benzene rings is 3. The molecule has 3 aromatic carbocycles. The van der Waals surface area contributed by atoms with Gasteiger partial charge in [-0.1, -0.05) is 34.8 Å². The second kappa shape index (κ2) is 12.2.